The van der Waals surface area contributed by atoms with Crippen molar-refractivity contribution >= 4 is 21.8 Å². The molecule has 0 unspecified atom stereocenters. The molecule has 0 radical (unpaired) electrons. The van der Waals surface area contributed by atoms with Crippen LogP contribution in [-0.2, 0) is 19.6 Å². The number of esters is 1. The highest BCUT2D eigenvalue weighted by Gasteiger charge is 2.25. The number of nitrogens with zero attached hydrogens (tertiary/aromatic N) is 1. The van der Waals surface area contributed by atoms with Gasteiger partial charge in [0.1, 0.15) is 23.0 Å². The molecule has 8 nitrogen and oxygen atoms in total. The van der Waals surface area contributed by atoms with Crippen molar-refractivity contribution in [2.45, 2.75) is 18.7 Å². The van der Waals surface area contributed by atoms with Gasteiger partial charge in [0, 0.05) is 5.56 Å². The number of rotatable bonds is 7. The zero-order chi connectivity index (χ0) is 18.6. The number of hydrogen-bond donors (Lipinski definition) is 1. The predicted molar refractivity (Wildman–Crippen MR) is 82.9 cm³/mol. The van der Waals surface area contributed by atoms with Crippen molar-refractivity contribution in [1.82, 2.24) is 9.88 Å². The number of carbonyl (C=O) groups excluding carboxylic acids is 2. The Balaban J connectivity index is 1.88. The van der Waals surface area contributed by atoms with E-state index in [-0.39, 0.29) is 21.9 Å². The largest absolute Gasteiger partial charge is 0.456 e. The van der Waals surface area contributed by atoms with Gasteiger partial charge >= 0.3 is 5.97 Å². The zero-order valence-electron chi connectivity index (χ0n) is 13.4. The minimum Gasteiger partial charge on any atom is -0.456 e. The lowest BCUT2D eigenvalue weighted by atomic mass is 10.1. The van der Waals surface area contributed by atoms with Crippen LogP contribution < -0.4 is 4.72 Å². The van der Waals surface area contributed by atoms with E-state index < -0.39 is 40.7 Å². The fourth-order valence-corrected chi connectivity index (χ4v) is 3.29. The number of carbonyl (C=O) groups is 2. The number of sulfonamides is 1. The maximum absolute atomic E-state index is 12.8. The van der Waals surface area contributed by atoms with E-state index in [1.807, 2.05) is 0 Å². The van der Waals surface area contributed by atoms with Crippen molar-refractivity contribution in [3.63, 3.8) is 0 Å². The van der Waals surface area contributed by atoms with Crippen molar-refractivity contribution < 1.29 is 31.7 Å². The summed E-state index contributed by atoms with van der Waals surface area (Å²) in [6.45, 7) is 1.62. The Morgan fingerprint density at radius 1 is 1.24 bits per heavy atom. The second-order valence-electron chi connectivity index (χ2n) is 5.07. The van der Waals surface area contributed by atoms with E-state index in [1.54, 1.807) is 0 Å². The Labute approximate surface area is 143 Å². The molecule has 1 aromatic heterocycles. The molecule has 0 spiro atoms. The molecule has 2 rings (SSSR count). The molecule has 1 aromatic carbocycles. The SMILES string of the molecule is Cc1noc(C)c1S(=O)(=O)NCC(=O)OCC(=O)c1ccc(F)cc1. The van der Waals surface area contributed by atoms with Gasteiger partial charge in [0.25, 0.3) is 0 Å². The number of benzene rings is 1. The summed E-state index contributed by atoms with van der Waals surface area (Å²) < 4.78 is 48.5. The van der Waals surface area contributed by atoms with Crippen LogP contribution in [0, 0.1) is 19.7 Å². The van der Waals surface area contributed by atoms with E-state index in [0.29, 0.717) is 0 Å². The maximum Gasteiger partial charge on any atom is 0.321 e. The van der Waals surface area contributed by atoms with Gasteiger partial charge < -0.3 is 9.26 Å². The quantitative estimate of drug-likeness (QED) is 0.574. The van der Waals surface area contributed by atoms with Crippen molar-refractivity contribution in [1.29, 1.82) is 0 Å². The van der Waals surface area contributed by atoms with Gasteiger partial charge in [-0.25, -0.2) is 12.8 Å². The Kier molecular flexibility index (Phi) is 5.65. The van der Waals surface area contributed by atoms with Crippen LogP contribution in [0.5, 0.6) is 0 Å². The van der Waals surface area contributed by atoms with Crippen molar-refractivity contribution in [2.24, 2.45) is 0 Å². The molecule has 0 fully saturated rings. The monoisotopic (exact) mass is 370 g/mol. The van der Waals surface area contributed by atoms with Gasteiger partial charge in [0.05, 0.1) is 0 Å². The summed E-state index contributed by atoms with van der Waals surface area (Å²) in [6, 6.07) is 4.72. The number of Topliss-reactive ketones (excluding diaryl/α,β-unsaturated/α-hetero) is 1. The van der Waals surface area contributed by atoms with Crippen LogP contribution >= 0.6 is 0 Å². The highest BCUT2D eigenvalue weighted by atomic mass is 32.2. The smallest absolute Gasteiger partial charge is 0.321 e. The normalized spacial score (nSPS) is 11.3. The minimum absolute atomic E-state index is 0.0878. The highest BCUT2D eigenvalue weighted by molar-refractivity contribution is 7.89. The molecule has 0 atom stereocenters. The number of halogens is 1. The molecule has 0 saturated carbocycles. The van der Waals surface area contributed by atoms with Crippen LogP contribution in [0.3, 0.4) is 0 Å². The molecule has 25 heavy (non-hydrogen) atoms. The average Bonchev–Trinajstić information content (AvgIpc) is 2.91. The third-order valence-electron chi connectivity index (χ3n) is 3.17. The summed E-state index contributed by atoms with van der Waals surface area (Å²) in [5, 5.41) is 3.53. The average molecular weight is 370 g/mol. The first-order valence-electron chi connectivity index (χ1n) is 7.07. The van der Waals surface area contributed by atoms with Crippen molar-refractivity contribution in [2.75, 3.05) is 13.2 Å². The second-order valence-corrected chi connectivity index (χ2v) is 6.77. The molecular formula is C15H15FN2O6S. The number of ketones is 1. The molecule has 1 N–H and O–H groups in total. The van der Waals surface area contributed by atoms with Gasteiger partial charge in [-0.15, -0.1) is 0 Å². The van der Waals surface area contributed by atoms with Crippen molar-refractivity contribution in [3.05, 3.63) is 47.1 Å². The van der Waals surface area contributed by atoms with Crippen LogP contribution in [0.2, 0.25) is 0 Å². The molecule has 0 amide bonds. The number of aromatic nitrogens is 1. The molecule has 0 aliphatic carbocycles. The van der Waals surface area contributed by atoms with Gasteiger partial charge in [0.2, 0.25) is 10.0 Å². The van der Waals surface area contributed by atoms with Crippen LogP contribution in [-0.4, -0.2) is 38.5 Å². The number of nitrogens with one attached hydrogen (secondary N) is 1. The molecule has 10 heteroatoms. The van der Waals surface area contributed by atoms with E-state index >= 15 is 0 Å². The molecule has 134 valence electrons. The van der Waals surface area contributed by atoms with E-state index in [9.17, 15) is 22.4 Å². The highest BCUT2D eigenvalue weighted by Crippen LogP contribution is 2.18. The third-order valence-corrected chi connectivity index (χ3v) is 4.82. The van der Waals surface area contributed by atoms with Crippen LogP contribution in [0.15, 0.2) is 33.7 Å². The van der Waals surface area contributed by atoms with Gasteiger partial charge in [-0.05, 0) is 38.1 Å². The number of ether oxygens (including phenoxy) is 1. The summed E-state index contributed by atoms with van der Waals surface area (Å²) in [6.07, 6.45) is 0. The third kappa shape index (κ3) is 4.70. The minimum atomic E-state index is -4.00. The Morgan fingerprint density at radius 3 is 2.44 bits per heavy atom. The lowest BCUT2D eigenvalue weighted by Crippen LogP contribution is -2.32. The first-order chi connectivity index (χ1) is 11.7. The molecule has 2 aromatic rings. The van der Waals surface area contributed by atoms with Gasteiger partial charge in [0.15, 0.2) is 18.2 Å². The topological polar surface area (TPSA) is 116 Å². The molecule has 1 heterocycles. The van der Waals surface area contributed by atoms with E-state index in [4.69, 9.17) is 9.26 Å². The summed E-state index contributed by atoms with van der Waals surface area (Å²) in [5.74, 6) is -1.89. The summed E-state index contributed by atoms with van der Waals surface area (Å²) in [7, 11) is -4.00. The van der Waals surface area contributed by atoms with Gasteiger partial charge in [-0.2, -0.15) is 4.72 Å². The molecule has 0 saturated heterocycles. The number of aryl methyl sites for hydroxylation is 2. The zero-order valence-corrected chi connectivity index (χ0v) is 14.2. The van der Waals surface area contributed by atoms with Crippen LogP contribution in [0.1, 0.15) is 21.8 Å². The first kappa shape index (κ1) is 18.7. The molecule has 0 aliphatic heterocycles. The van der Waals surface area contributed by atoms with Crippen LogP contribution in [0.25, 0.3) is 0 Å². The number of hydrogen-bond acceptors (Lipinski definition) is 7. The Bertz CT molecular complexity index is 870. The Hall–Kier alpha value is -2.59. The summed E-state index contributed by atoms with van der Waals surface area (Å²) in [5.41, 5.74) is 0.329. The molecule has 0 bridgehead atoms. The van der Waals surface area contributed by atoms with E-state index in [1.165, 1.54) is 26.0 Å². The van der Waals surface area contributed by atoms with Gasteiger partial charge in [-0.1, -0.05) is 5.16 Å². The fourth-order valence-electron chi connectivity index (χ4n) is 2.00. The van der Waals surface area contributed by atoms with E-state index in [2.05, 4.69) is 9.88 Å². The van der Waals surface area contributed by atoms with Crippen molar-refractivity contribution in [3.8, 4) is 0 Å². The fraction of sp³-hybridized carbons (Fsp3) is 0.267. The second kappa shape index (κ2) is 7.53. The first-order valence-corrected chi connectivity index (χ1v) is 8.56. The summed E-state index contributed by atoms with van der Waals surface area (Å²) in [4.78, 5) is 23.2. The molecule has 0 aliphatic rings. The lowest BCUT2D eigenvalue weighted by molar-refractivity contribution is -0.141. The standard InChI is InChI=1S/C15H15FN2O6S/c1-9-15(10(2)24-18-9)25(21,22)17-7-14(20)23-8-13(19)11-3-5-12(16)6-4-11/h3-6,17H,7-8H2,1-2H3. The molecular weight excluding hydrogens is 355 g/mol. The maximum atomic E-state index is 12.8. The van der Waals surface area contributed by atoms with Gasteiger partial charge in [-0.3, -0.25) is 9.59 Å². The van der Waals surface area contributed by atoms with E-state index in [0.717, 1.165) is 12.1 Å². The Morgan fingerprint density at radius 2 is 1.88 bits per heavy atom. The summed E-state index contributed by atoms with van der Waals surface area (Å²) >= 11 is 0. The van der Waals surface area contributed by atoms with Crippen LogP contribution in [0.4, 0.5) is 4.39 Å². The lowest BCUT2D eigenvalue weighted by Gasteiger charge is -2.07. The predicted octanol–water partition coefficient (Wildman–Crippen LogP) is 1.13.